The van der Waals surface area contributed by atoms with E-state index in [1.165, 1.54) is 0 Å². The Morgan fingerprint density at radius 3 is 2.89 bits per heavy atom. The smallest absolute Gasteiger partial charge is 0.354 e. The summed E-state index contributed by atoms with van der Waals surface area (Å²) in [5.41, 5.74) is 8.91. The van der Waals surface area contributed by atoms with Gasteiger partial charge in [0.15, 0.2) is 0 Å². The van der Waals surface area contributed by atoms with Gasteiger partial charge in [-0.15, -0.1) is 0 Å². The lowest BCUT2D eigenvalue weighted by Gasteiger charge is -2.32. The van der Waals surface area contributed by atoms with E-state index in [-0.39, 0.29) is 17.1 Å². The fourth-order valence-electron chi connectivity index (χ4n) is 2.93. The van der Waals surface area contributed by atoms with E-state index in [1.54, 1.807) is 6.20 Å². The third-order valence-electron chi connectivity index (χ3n) is 3.61. The van der Waals surface area contributed by atoms with Crippen LogP contribution in [-0.2, 0) is 11.2 Å². The Labute approximate surface area is 110 Å². The third-order valence-corrected chi connectivity index (χ3v) is 3.61. The normalized spacial score (nSPS) is 19.8. The van der Waals surface area contributed by atoms with Gasteiger partial charge in [-0.3, -0.25) is 4.99 Å². The summed E-state index contributed by atoms with van der Waals surface area (Å²) in [5.74, 6) is -0.780. The second-order valence-electron chi connectivity index (χ2n) is 5.49. The first-order valence-corrected chi connectivity index (χ1v) is 6.03. The maximum atomic E-state index is 11.3. The standard InChI is InChI=1S/C13H14N4O2/c1-13(2)3-6-4-16-12(14)17-9(6)7-5-15-10(8(7)13)11(18)19/h4H,3,5H2,1-2H3,(H,18,19)(H2,14,16,17). The number of hydrogen-bond acceptors (Lipinski definition) is 5. The monoisotopic (exact) mass is 258 g/mol. The zero-order valence-corrected chi connectivity index (χ0v) is 10.8. The van der Waals surface area contributed by atoms with Crippen molar-refractivity contribution in [2.75, 3.05) is 12.3 Å². The van der Waals surface area contributed by atoms with Crippen LogP contribution in [0.3, 0.4) is 0 Å². The van der Waals surface area contributed by atoms with E-state index in [1.807, 2.05) is 13.8 Å². The molecule has 1 aliphatic carbocycles. The van der Waals surface area contributed by atoms with Crippen molar-refractivity contribution in [2.45, 2.75) is 20.3 Å². The van der Waals surface area contributed by atoms with Crippen molar-refractivity contribution < 1.29 is 9.90 Å². The van der Waals surface area contributed by atoms with E-state index in [0.717, 1.165) is 22.4 Å². The highest BCUT2D eigenvalue weighted by Crippen LogP contribution is 2.44. The number of anilines is 1. The minimum absolute atomic E-state index is 0.155. The first-order valence-electron chi connectivity index (χ1n) is 6.03. The highest BCUT2D eigenvalue weighted by atomic mass is 16.4. The fraction of sp³-hybridized carbons (Fsp3) is 0.385. The molecule has 0 aromatic carbocycles. The molecule has 0 spiro atoms. The number of fused-ring (bicyclic) bond motifs is 2. The van der Waals surface area contributed by atoms with Gasteiger partial charge in [0.2, 0.25) is 5.95 Å². The van der Waals surface area contributed by atoms with Crippen LogP contribution in [0.15, 0.2) is 16.8 Å². The highest BCUT2D eigenvalue weighted by molar-refractivity contribution is 6.45. The molecule has 1 aliphatic heterocycles. The average Bonchev–Trinajstić information content (AvgIpc) is 2.76. The summed E-state index contributed by atoms with van der Waals surface area (Å²) in [7, 11) is 0. The number of aliphatic imine (C=N–C) groups is 1. The van der Waals surface area contributed by atoms with Crippen LogP contribution in [0, 0.1) is 5.41 Å². The summed E-state index contributed by atoms with van der Waals surface area (Å²) in [6, 6.07) is 0. The lowest BCUT2D eigenvalue weighted by atomic mass is 9.71. The van der Waals surface area contributed by atoms with Gasteiger partial charge in [-0.25, -0.2) is 14.8 Å². The van der Waals surface area contributed by atoms with Crippen LogP contribution < -0.4 is 5.73 Å². The molecule has 2 aliphatic rings. The van der Waals surface area contributed by atoms with Crippen LogP contribution in [0.4, 0.5) is 5.95 Å². The van der Waals surface area contributed by atoms with E-state index in [2.05, 4.69) is 15.0 Å². The van der Waals surface area contributed by atoms with E-state index < -0.39 is 5.97 Å². The second kappa shape index (κ2) is 3.63. The zero-order valence-electron chi connectivity index (χ0n) is 10.8. The van der Waals surface area contributed by atoms with E-state index in [4.69, 9.17) is 5.73 Å². The van der Waals surface area contributed by atoms with Gasteiger partial charge in [-0.1, -0.05) is 13.8 Å². The molecule has 3 rings (SSSR count). The van der Waals surface area contributed by atoms with Gasteiger partial charge in [0.1, 0.15) is 5.71 Å². The minimum Gasteiger partial charge on any atom is -0.477 e. The molecule has 1 aromatic heterocycles. The highest BCUT2D eigenvalue weighted by Gasteiger charge is 2.41. The number of rotatable bonds is 1. The lowest BCUT2D eigenvalue weighted by Crippen LogP contribution is -2.31. The molecule has 0 amide bonds. The van der Waals surface area contributed by atoms with E-state index in [0.29, 0.717) is 13.0 Å². The molecule has 98 valence electrons. The topological polar surface area (TPSA) is 101 Å². The van der Waals surface area contributed by atoms with Crippen molar-refractivity contribution in [3.8, 4) is 0 Å². The summed E-state index contributed by atoms with van der Waals surface area (Å²) in [6.07, 6.45) is 2.41. The van der Waals surface area contributed by atoms with Crippen LogP contribution in [0.2, 0.25) is 0 Å². The third kappa shape index (κ3) is 1.63. The summed E-state index contributed by atoms with van der Waals surface area (Å²) in [5, 5.41) is 9.26. The van der Waals surface area contributed by atoms with Gasteiger partial charge >= 0.3 is 5.97 Å². The van der Waals surface area contributed by atoms with Crippen LogP contribution in [0.25, 0.3) is 5.57 Å². The number of carbonyl (C=O) groups is 1. The number of nitrogens with zero attached hydrogens (tertiary/aromatic N) is 3. The second-order valence-corrected chi connectivity index (χ2v) is 5.49. The molecule has 2 heterocycles. The molecule has 0 saturated heterocycles. The lowest BCUT2D eigenvalue weighted by molar-refractivity contribution is -0.129. The SMILES string of the molecule is CC1(C)Cc2cnc(N)nc2C2=C1C(C(=O)O)=NC2. The predicted molar refractivity (Wildman–Crippen MR) is 70.8 cm³/mol. The molecular formula is C13H14N4O2. The Kier molecular flexibility index (Phi) is 2.26. The number of nitrogen functional groups attached to an aromatic ring is 1. The van der Waals surface area contributed by atoms with Gasteiger partial charge < -0.3 is 10.8 Å². The van der Waals surface area contributed by atoms with Crippen molar-refractivity contribution in [3.63, 3.8) is 0 Å². The summed E-state index contributed by atoms with van der Waals surface area (Å²) in [6.45, 7) is 4.39. The van der Waals surface area contributed by atoms with E-state index in [9.17, 15) is 9.90 Å². The molecule has 1 aromatic rings. The average molecular weight is 258 g/mol. The van der Waals surface area contributed by atoms with Crippen molar-refractivity contribution in [2.24, 2.45) is 10.4 Å². The van der Waals surface area contributed by atoms with Crippen LogP contribution >= 0.6 is 0 Å². The minimum atomic E-state index is -0.983. The molecule has 6 nitrogen and oxygen atoms in total. The predicted octanol–water partition coefficient (Wildman–Crippen LogP) is 0.934. The number of carboxylic acids is 1. The first kappa shape index (κ1) is 11.8. The molecule has 0 saturated carbocycles. The number of aromatic nitrogens is 2. The Hall–Kier alpha value is -2.24. The molecule has 0 atom stereocenters. The van der Waals surface area contributed by atoms with Crippen molar-refractivity contribution in [3.05, 3.63) is 23.0 Å². The number of hydrogen-bond donors (Lipinski definition) is 2. The Balaban J connectivity index is 2.25. The molecule has 0 radical (unpaired) electrons. The molecule has 0 fully saturated rings. The maximum Gasteiger partial charge on any atom is 0.354 e. The zero-order chi connectivity index (χ0) is 13.8. The fourth-order valence-corrected chi connectivity index (χ4v) is 2.93. The number of carboxylic acid groups (broad SMARTS) is 1. The number of aliphatic carboxylic acids is 1. The first-order chi connectivity index (χ1) is 8.90. The van der Waals surface area contributed by atoms with Gasteiger partial charge in [0.25, 0.3) is 0 Å². The Morgan fingerprint density at radius 2 is 2.21 bits per heavy atom. The summed E-state index contributed by atoms with van der Waals surface area (Å²) < 4.78 is 0. The Bertz CT molecular complexity index is 659. The Morgan fingerprint density at radius 1 is 1.47 bits per heavy atom. The molecular weight excluding hydrogens is 244 g/mol. The quantitative estimate of drug-likeness (QED) is 0.780. The summed E-state index contributed by atoms with van der Waals surface area (Å²) >= 11 is 0. The van der Waals surface area contributed by atoms with Gasteiger partial charge in [-0.2, -0.15) is 0 Å². The molecule has 0 bridgehead atoms. The van der Waals surface area contributed by atoms with Gasteiger partial charge in [0, 0.05) is 11.8 Å². The van der Waals surface area contributed by atoms with Crippen LogP contribution in [0.1, 0.15) is 25.1 Å². The maximum absolute atomic E-state index is 11.3. The van der Waals surface area contributed by atoms with Crippen molar-refractivity contribution in [1.82, 2.24) is 9.97 Å². The van der Waals surface area contributed by atoms with Crippen molar-refractivity contribution in [1.29, 1.82) is 0 Å². The summed E-state index contributed by atoms with van der Waals surface area (Å²) in [4.78, 5) is 23.7. The van der Waals surface area contributed by atoms with E-state index >= 15 is 0 Å². The van der Waals surface area contributed by atoms with Crippen molar-refractivity contribution >= 4 is 23.2 Å². The largest absolute Gasteiger partial charge is 0.477 e. The van der Waals surface area contributed by atoms with Gasteiger partial charge in [0.05, 0.1) is 12.2 Å². The molecule has 0 unspecified atom stereocenters. The number of nitrogens with two attached hydrogens (primary N) is 1. The molecule has 6 heteroatoms. The molecule has 3 N–H and O–H groups in total. The van der Waals surface area contributed by atoms with Crippen LogP contribution in [0.5, 0.6) is 0 Å². The molecule has 19 heavy (non-hydrogen) atoms. The van der Waals surface area contributed by atoms with Crippen LogP contribution in [-0.4, -0.2) is 33.3 Å². The van der Waals surface area contributed by atoms with Gasteiger partial charge in [-0.05, 0) is 23.0 Å².